The van der Waals surface area contributed by atoms with Crippen LogP contribution in [-0.4, -0.2) is 48.0 Å². The maximum Gasteiger partial charge on any atom is 0.307 e. The van der Waals surface area contributed by atoms with Gasteiger partial charge in [-0.3, -0.25) is 14.3 Å². The molecule has 0 bridgehead atoms. The van der Waals surface area contributed by atoms with E-state index in [2.05, 4.69) is 15.4 Å². The van der Waals surface area contributed by atoms with E-state index in [1.807, 2.05) is 13.2 Å². The van der Waals surface area contributed by atoms with Crippen LogP contribution >= 0.6 is 11.3 Å². The van der Waals surface area contributed by atoms with Crippen LogP contribution < -0.4 is 14.8 Å². The largest absolute Gasteiger partial charge is 0.497 e. The molecule has 0 unspecified atom stereocenters. The zero-order valence-electron chi connectivity index (χ0n) is 17.0. The molecule has 0 aliphatic carbocycles. The second kappa shape index (κ2) is 9.40. The first-order chi connectivity index (χ1) is 14.4. The van der Waals surface area contributed by atoms with Crippen molar-refractivity contribution in [1.29, 1.82) is 0 Å². The summed E-state index contributed by atoms with van der Waals surface area (Å²) < 4.78 is 17.1. The van der Waals surface area contributed by atoms with Gasteiger partial charge in [-0.2, -0.15) is 5.10 Å². The van der Waals surface area contributed by atoms with E-state index in [9.17, 15) is 9.59 Å². The Morgan fingerprint density at radius 2 is 2.00 bits per heavy atom. The summed E-state index contributed by atoms with van der Waals surface area (Å²) in [6, 6.07) is 4.52. The van der Waals surface area contributed by atoms with Gasteiger partial charge in [0.15, 0.2) is 0 Å². The predicted molar refractivity (Wildman–Crippen MR) is 111 cm³/mol. The monoisotopic (exact) mass is 430 g/mol. The Morgan fingerprint density at radius 3 is 2.63 bits per heavy atom. The number of nitrogens with zero attached hydrogens (tertiary/aromatic N) is 3. The van der Waals surface area contributed by atoms with Crippen molar-refractivity contribution in [1.82, 2.24) is 20.1 Å². The van der Waals surface area contributed by atoms with Crippen LogP contribution in [0.4, 0.5) is 0 Å². The van der Waals surface area contributed by atoms with E-state index in [-0.39, 0.29) is 12.3 Å². The molecular formula is C20H22N4O5S. The van der Waals surface area contributed by atoms with Gasteiger partial charge in [-0.05, 0) is 12.1 Å². The quantitative estimate of drug-likeness (QED) is 0.548. The second-order valence-corrected chi connectivity index (χ2v) is 7.38. The number of benzene rings is 1. The molecule has 9 nitrogen and oxygen atoms in total. The zero-order valence-corrected chi connectivity index (χ0v) is 17.9. The summed E-state index contributed by atoms with van der Waals surface area (Å²) in [4.78, 5) is 29.6. The Labute approximate surface area is 177 Å². The molecule has 0 saturated carbocycles. The maximum absolute atomic E-state index is 12.9. The highest BCUT2D eigenvalue weighted by atomic mass is 32.1. The Hall–Kier alpha value is -3.40. The number of hydrogen-bond donors (Lipinski definition) is 1. The Kier molecular flexibility index (Phi) is 6.68. The molecule has 0 aliphatic heterocycles. The Morgan fingerprint density at radius 1 is 1.20 bits per heavy atom. The lowest BCUT2D eigenvalue weighted by molar-refractivity contribution is -0.141. The SMILES string of the molecule is COC(=O)C[C@H](NC(=O)c1cnc(-c2cnn(C)c2)s1)c1ccc(OC)cc1OC. The standard InChI is InChI=1S/C20H22N4O5S/c1-24-11-12(9-22-24)20-21-10-17(30-20)19(26)23-15(8-18(25)29-4)14-6-5-13(27-2)7-16(14)28-3/h5-7,9-11,15H,8H2,1-4H3,(H,23,26)/t15-/m0/s1. The predicted octanol–water partition coefficient (Wildman–Crippen LogP) is 2.60. The number of hydrogen-bond acceptors (Lipinski definition) is 8. The first-order valence-corrected chi connectivity index (χ1v) is 9.81. The smallest absolute Gasteiger partial charge is 0.307 e. The van der Waals surface area contributed by atoms with Crippen LogP contribution in [0.2, 0.25) is 0 Å². The lowest BCUT2D eigenvalue weighted by Gasteiger charge is -2.20. The van der Waals surface area contributed by atoms with Gasteiger partial charge in [0, 0.05) is 30.4 Å². The summed E-state index contributed by atoms with van der Waals surface area (Å²) in [5.74, 6) is 0.277. The zero-order chi connectivity index (χ0) is 21.7. The van der Waals surface area contributed by atoms with E-state index in [4.69, 9.17) is 14.2 Å². The molecule has 0 aliphatic rings. The number of aromatic nitrogens is 3. The van der Waals surface area contributed by atoms with Crippen LogP contribution in [0.15, 0.2) is 36.8 Å². The van der Waals surface area contributed by atoms with Crippen molar-refractivity contribution in [3.8, 4) is 22.1 Å². The molecule has 0 fully saturated rings. The van der Waals surface area contributed by atoms with Gasteiger partial charge in [-0.1, -0.05) is 0 Å². The van der Waals surface area contributed by atoms with Crippen LogP contribution in [-0.2, 0) is 16.6 Å². The third-order valence-electron chi connectivity index (χ3n) is 4.40. The van der Waals surface area contributed by atoms with Gasteiger partial charge >= 0.3 is 5.97 Å². The highest BCUT2D eigenvalue weighted by Crippen LogP contribution is 2.32. The van der Waals surface area contributed by atoms with Gasteiger partial charge in [0.25, 0.3) is 5.91 Å². The Balaban J connectivity index is 1.86. The molecule has 3 aromatic rings. The van der Waals surface area contributed by atoms with Gasteiger partial charge in [0.1, 0.15) is 21.4 Å². The topological polar surface area (TPSA) is 105 Å². The van der Waals surface area contributed by atoms with E-state index in [0.717, 1.165) is 5.56 Å². The van der Waals surface area contributed by atoms with Crippen molar-refractivity contribution in [2.75, 3.05) is 21.3 Å². The van der Waals surface area contributed by atoms with Crippen molar-refractivity contribution in [3.05, 3.63) is 47.2 Å². The molecule has 30 heavy (non-hydrogen) atoms. The minimum atomic E-state index is -0.658. The van der Waals surface area contributed by atoms with Crippen LogP contribution in [0.3, 0.4) is 0 Å². The number of carbonyl (C=O) groups is 2. The molecule has 3 rings (SSSR count). The molecule has 1 N–H and O–H groups in total. The highest BCUT2D eigenvalue weighted by molar-refractivity contribution is 7.16. The summed E-state index contributed by atoms with van der Waals surface area (Å²) in [6.45, 7) is 0. The summed E-state index contributed by atoms with van der Waals surface area (Å²) in [5, 5.41) is 7.68. The van der Waals surface area contributed by atoms with E-state index >= 15 is 0 Å². The number of rotatable bonds is 8. The van der Waals surface area contributed by atoms with Crippen LogP contribution in [0, 0.1) is 0 Å². The fourth-order valence-electron chi connectivity index (χ4n) is 2.87. The molecule has 0 saturated heterocycles. The Bertz CT molecular complexity index is 1050. The summed E-state index contributed by atoms with van der Waals surface area (Å²) in [6.07, 6.45) is 4.95. The molecule has 158 valence electrons. The van der Waals surface area contributed by atoms with Gasteiger partial charge in [-0.25, -0.2) is 4.98 Å². The summed E-state index contributed by atoms with van der Waals surface area (Å²) in [7, 11) is 6.17. The first-order valence-electron chi connectivity index (χ1n) is 8.99. The third-order valence-corrected chi connectivity index (χ3v) is 5.45. The first kappa shape index (κ1) is 21.3. The van der Waals surface area contributed by atoms with Crippen LogP contribution in [0.1, 0.15) is 27.7 Å². The summed E-state index contributed by atoms with van der Waals surface area (Å²) in [5.41, 5.74) is 1.46. The van der Waals surface area contributed by atoms with Gasteiger partial charge < -0.3 is 19.5 Å². The van der Waals surface area contributed by atoms with Gasteiger partial charge in [-0.15, -0.1) is 11.3 Å². The molecule has 2 heterocycles. The number of esters is 1. The summed E-state index contributed by atoms with van der Waals surface area (Å²) >= 11 is 1.24. The van der Waals surface area contributed by atoms with E-state index < -0.39 is 12.0 Å². The number of amides is 1. The fourth-order valence-corrected chi connectivity index (χ4v) is 3.66. The molecule has 1 aromatic carbocycles. The van der Waals surface area contributed by atoms with E-state index in [0.29, 0.717) is 26.9 Å². The normalized spacial score (nSPS) is 11.6. The van der Waals surface area contributed by atoms with Crippen molar-refractivity contribution in [3.63, 3.8) is 0 Å². The lowest BCUT2D eigenvalue weighted by Crippen LogP contribution is -2.30. The molecule has 10 heteroatoms. The van der Waals surface area contributed by atoms with Crippen LogP contribution in [0.25, 0.3) is 10.6 Å². The maximum atomic E-state index is 12.9. The third kappa shape index (κ3) is 4.77. The van der Waals surface area contributed by atoms with Gasteiger partial charge in [0.05, 0.1) is 46.2 Å². The fraction of sp³-hybridized carbons (Fsp3) is 0.300. The molecular weight excluding hydrogens is 408 g/mol. The molecule has 0 spiro atoms. The van der Waals surface area contributed by atoms with E-state index in [1.165, 1.54) is 31.8 Å². The van der Waals surface area contributed by atoms with Gasteiger partial charge in [0.2, 0.25) is 0 Å². The number of carbonyl (C=O) groups excluding carboxylic acids is 2. The second-order valence-electron chi connectivity index (χ2n) is 6.35. The highest BCUT2D eigenvalue weighted by Gasteiger charge is 2.24. The minimum absolute atomic E-state index is 0.0564. The average Bonchev–Trinajstić information content (AvgIpc) is 3.41. The van der Waals surface area contributed by atoms with Crippen molar-refractivity contribution in [2.24, 2.45) is 7.05 Å². The molecule has 0 radical (unpaired) electrons. The minimum Gasteiger partial charge on any atom is -0.497 e. The molecule has 1 amide bonds. The number of ether oxygens (including phenoxy) is 3. The average molecular weight is 430 g/mol. The van der Waals surface area contributed by atoms with Crippen molar-refractivity contribution >= 4 is 23.2 Å². The number of nitrogens with one attached hydrogen (secondary N) is 1. The van der Waals surface area contributed by atoms with Crippen LogP contribution in [0.5, 0.6) is 11.5 Å². The number of methoxy groups -OCH3 is 3. The van der Waals surface area contributed by atoms with Crippen molar-refractivity contribution in [2.45, 2.75) is 12.5 Å². The number of thiazole rings is 1. The lowest BCUT2D eigenvalue weighted by atomic mass is 10.0. The molecule has 1 atom stereocenters. The molecule has 2 aromatic heterocycles. The van der Waals surface area contributed by atoms with Crippen molar-refractivity contribution < 1.29 is 23.8 Å². The van der Waals surface area contributed by atoms with E-state index in [1.54, 1.807) is 36.2 Å². The number of aryl methyl sites for hydroxylation is 1.